The predicted molar refractivity (Wildman–Crippen MR) is 194 cm³/mol. The molecule has 2 fully saturated rings. The molecule has 0 spiro atoms. The number of carbonyl (C=O) groups excluding carboxylic acids is 1. The summed E-state index contributed by atoms with van der Waals surface area (Å²) in [4.78, 5) is 28.0. The Balaban J connectivity index is 1.43. The van der Waals surface area contributed by atoms with Crippen LogP contribution in [0.1, 0.15) is 66.7 Å². The van der Waals surface area contributed by atoms with Crippen molar-refractivity contribution in [2.75, 3.05) is 7.11 Å². The van der Waals surface area contributed by atoms with Gasteiger partial charge < -0.3 is 15.2 Å². The number of hydrogen-bond acceptors (Lipinski definition) is 7. The standard InChI is InChI=1S/C41H42N4O3/c1-7-28-22(2)34-19-38-29(13-12-26-8-10-27(21-46)11-9-26)23(3)33(43-38)18-35-25(5)31(16-17-39(47)48-6)41(44-35)32-15-14-30-24(4)36(45-40(30)32)20-37(28)42-34/h8-13,18-21,25,31,44,46H,7,14-17H2,1-6H3/t25-,31-/m0/s1. The fraction of sp³-hybridized carbons (Fsp3) is 0.317. The van der Waals surface area contributed by atoms with Gasteiger partial charge in [-0.2, -0.15) is 0 Å². The number of allylic oxidation sites excluding steroid dienone is 13. The molecule has 48 heavy (non-hydrogen) atoms. The molecule has 0 aromatic heterocycles. The number of aliphatic imine (C=N–C) groups is 3. The van der Waals surface area contributed by atoms with Crippen molar-refractivity contribution in [1.82, 2.24) is 5.32 Å². The summed E-state index contributed by atoms with van der Waals surface area (Å²) in [6, 6.07) is 7.76. The van der Waals surface area contributed by atoms with E-state index in [4.69, 9.17) is 19.7 Å². The summed E-state index contributed by atoms with van der Waals surface area (Å²) < 4.78 is 5.04. The van der Waals surface area contributed by atoms with Crippen molar-refractivity contribution in [3.05, 3.63) is 127 Å². The zero-order valence-electron chi connectivity index (χ0n) is 28.6. The van der Waals surface area contributed by atoms with Crippen LogP contribution in [-0.4, -0.2) is 35.3 Å². The molecule has 7 heteroatoms. The van der Waals surface area contributed by atoms with Crippen LogP contribution in [0.25, 0.3) is 12.3 Å². The Bertz CT molecular complexity index is 2120. The van der Waals surface area contributed by atoms with Gasteiger partial charge >= 0.3 is 5.97 Å². The maximum Gasteiger partial charge on any atom is 0.305 e. The average Bonchev–Trinajstić information content (AvgIpc) is 3.86. The highest BCUT2D eigenvalue weighted by Crippen LogP contribution is 2.46. The average molecular weight is 639 g/mol. The van der Waals surface area contributed by atoms with Gasteiger partial charge in [-0.25, -0.2) is 15.0 Å². The minimum Gasteiger partial charge on any atom is -0.515 e. The molecule has 1 aromatic rings. The maximum atomic E-state index is 12.3. The van der Waals surface area contributed by atoms with Gasteiger partial charge in [-0.1, -0.05) is 50.3 Å². The maximum absolute atomic E-state index is 12.3. The molecule has 1 aliphatic carbocycles. The van der Waals surface area contributed by atoms with Crippen molar-refractivity contribution >= 4 is 35.4 Å². The smallest absolute Gasteiger partial charge is 0.305 e. The Morgan fingerprint density at radius 1 is 0.917 bits per heavy atom. The molecule has 0 amide bonds. The molecular formula is C41H42N4O3. The summed E-state index contributed by atoms with van der Waals surface area (Å²) in [6.07, 6.45) is 15.6. The minimum atomic E-state index is -0.189. The number of nitrogens with one attached hydrogen (secondary N) is 1. The molecule has 8 bridgehead atoms. The molecular weight excluding hydrogens is 596 g/mol. The van der Waals surface area contributed by atoms with E-state index in [9.17, 15) is 9.90 Å². The van der Waals surface area contributed by atoms with E-state index < -0.39 is 0 Å². The molecule has 2 N–H and O–H groups in total. The largest absolute Gasteiger partial charge is 0.515 e. The first kappa shape index (κ1) is 31.6. The SMILES string of the molecule is CCC1=C(C)C2=CC3=NC(=C(C)C3=CC=c3ccc(=CO)cc3)C=C3NC(=C4CCC5=C(C)C(=CC1=N2)N=C54)[C@@H](CCC(=O)OC)[C@@H]3C. The van der Waals surface area contributed by atoms with Crippen LogP contribution in [0, 0.1) is 11.8 Å². The molecule has 7 rings (SSSR count). The van der Waals surface area contributed by atoms with E-state index in [-0.39, 0.29) is 17.8 Å². The van der Waals surface area contributed by atoms with Crippen LogP contribution in [0.3, 0.4) is 0 Å². The van der Waals surface area contributed by atoms with Gasteiger partial charge in [-0.15, -0.1) is 0 Å². The third-order valence-corrected chi connectivity index (χ3v) is 10.6. The van der Waals surface area contributed by atoms with Crippen molar-refractivity contribution in [2.45, 2.75) is 66.7 Å². The lowest BCUT2D eigenvalue weighted by molar-refractivity contribution is -0.140. The van der Waals surface area contributed by atoms with E-state index in [0.29, 0.717) is 12.8 Å². The molecule has 5 aliphatic heterocycles. The Kier molecular flexibility index (Phi) is 8.24. The molecule has 6 aliphatic rings. The molecule has 7 nitrogen and oxygen atoms in total. The van der Waals surface area contributed by atoms with Gasteiger partial charge in [-0.3, -0.25) is 4.79 Å². The van der Waals surface area contributed by atoms with E-state index in [1.807, 2.05) is 24.3 Å². The van der Waals surface area contributed by atoms with E-state index >= 15 is 0 Å². The lowest BCUT2D eigenvalue weighted by atomic mass is 9.86. The van der Waals surface area contributed by atoms with E-state index in [0.717, 1.165) is 87.0 Å². The second-order valence-electron chi connectivity index (χ2n) is 13.3. The van der Waals surface area contributed by atoms with Crippen molar-refractivity contribution in [2.24, 2.45) is 26.8 Å². The summed E-state index contributed by atoms with van der Waals surface area (Å²) in [7, 11) is 1.46. The Hall–Kier alpha value is -5.04. The predicted octanol–water partition coefficient (Wildman–Crippen LogP) is 6.89. The number of aliphatic hydroxyl groups is 1. The topological polar surface area (TPSA) is 95.6 Å². The van der Waals surface area contributed by atoms with Crippen LogP contribution >= 0.6 is 0 Å². The van der Waals surface area contributed by atoms with Gasteiger partial charge in [0.05, 0.1) is 47.6 Å². The van der Waals surface area contributed by atoms with Crippen LogP contribution in [0.5, 0.6) is 0 Å². The molecule has 1 saturated heterocycles. The fourth-order valence-corrected chi connectivity index (χ4v) is 7.67. The number of nitrogens with zero attached hydrogens (tertiary/aromatic N) is 3. The lowest BCUT2D eigenvalue weighted by Gasteiger charge is -2.17. The summed E-state index contributed by atoms with van der Waals surface area (Å²) in [5.41, 5.74) is 16.3. The van der Waals surface area contributed by atoms with Gasteiger partial charge in [-0.05, 0) is 103 Å². The highest BCUT2D eigenvalue weighted by Gasteiger charge is 2.40. The van der Waals surface area contributed by atoms with Crippen LogP contribution in [0.4, 0.5) is 0 Å². The molecule has 0 unspecified atom stereocenters. The minimum absolute atomic E-state index is 0.129. The van der Waals surface area contributed by atoms with Crippen molar-refractivity contribution < 1.29 is 14.6 Å². The van der Waals surface area contributed by atoms with Crippen molar-refractivity contribution in [3.8, 4) is 0 Å². The van der Waals surface area contributed by atoms with Crippen molar-refractivity contribution in [1.29, 1.82) is 0 Å². The van der Waals surface area contributed by atoms with E-state index in [1.165, 1.54) is 40.7 Å². The zero-order valence-corrected chi connectivity index (χ0v) is 28.6. The van der Waals surface area contributed by atoms with E-state index in [1.54, 1.807) is 0 Å². The molecule has 1 aromatic carbocycles. The van der Waals surface area contributed by atoms with Gasteiger partial charge in [0.1, 0.15) is 0 Å². The number of ether oxygens (including phenoxy) is 1. The normalized spacial score (nSPS) is 23.7. The first-order chi connectivity index (χ1) is 23.2. The van der Waals surface area contributed by atoms with Crippen LogP contribution in [0.15, 0.2) is 131 Å². The van der Waals surface area contributed by atoms with Gasteiger partial charge in [0.25, 0.3) is 0 Å². The second kappa shape index (κ2) is 12.5. The molecule has 0 radical (unpaired) electrons. The number of methoxy groups -OCH3 is 1. The fourth-order valence-electron chi connectivity index (χ4n) is 7.67. The number of rotatable bonds is 5. The Morgan fingerprint density at radius 3 is 2.35 bits per heavy atom. The summed E-state index contributed by atoms with van der Waals surface area (Å²) in [5, 5.41) is 15.0. The number of esters is 1. The number of carbonyl (C=O) groups is 1. The zero-order chi connectivity index (χ0) is 33.7. The quantitative estimate of drug-likeness (QED) is 0.344. The van der Waals surface area contributed by atoms with Gasteiger partial charge in [0, 0.05) is 40.4 Å². The first-order valence-corrected chi connectivity index (χ1v) is 16.9. The number of benzene rings is 1. The molecule has 1 saturated carbocycles. The number of fused-ring (bicyclic) bond motifs is 5. The van der Waals surface area contributed by atoms with Crippen LogP contribution in [-0.2, 0) is 9.53 Å². The van der Waals surface area contributed by atoms with Gasteiger partial charge in [0.15, 0.2) is 0 Å². The second-order valence-corrected chi connectivity index (χ2v) is 13.3. The van der Waals surface area contributed by atoms with E-state index in [2.05, 4.69) is 70.3 Å². The molecule has 5 heterocycles. The third kappa shape index (κ3) is 5.41. The molecule has 2 atom stereocenters. The van der Waals surface area contributed by atoms with Crippen molar-refractivity contribution in [3.63, 3.8) is 0 Å². The number of aliphatic hydroxyl groups excluding tert-OH is 1. The highest BCUT2D eigenvalue weighted by molar-refractivity contribution is 6.20. The summed E-state index contributed by atoms with van der Waals surface area (Å²) in [6.45, 7) is 10.9. The monoisotopic (exact) mass is 638 g/mol. The Labute approximate surface area is 282 Å². The van der Waals surface area contributed by atoms with Gasteiger partial charge in [0.2, 0.25) is 0 Å². The summed E-state index contributed by atoms with van der Waals surface area (Å²) >= 11 is 0. The number of hydrogen-bond donors (Lipinski definition) is 2. The lowest BCUT2D eigenvalue weighted by Crippen LogP contribution is -2.15. The summed E-state index contributed by atoms with van der Waals surface area (Å²) in [5.74, 6) is 0.0902. The molecule has 244 valence electrons. The van der Waals surface area contributed by atoms with Crippen LogP contribution in [0.2, 0.25) is 0 Å². The Morgan fingerprint density at radius 2 is 1.62 bits per heavy atom. The van der Waals surface area contributed by atoms with Crippen LogP contribution < -0.4 is 15.8 Å². The third-order valence-electron chi connectivity index (χ3n) is 10.6. The highest BCUT2D eigenvalue weighted by atomic mass is 16.5. The first-order valence-electron chi connectivity index (χ1n) is 16.9.